The molecule has 0 amide bonds. The molecule has 0 saturated heterocycles. The van der Waals surface area contributed by atoms with Crippen LogP contribution in [0.4, 0.5) is 0 Å². The monoisotopic (exact) mass is 244 g/mol. The molecule has 1 aromatic carbocycles. The molecule has 0 aromatic heterocycles. The Morgan fingerprint density at radius 3 is 2.44 bits per heavy atom. The lowest BCUT2D eigenvalue weighted by Gasteiger charge is -2.15. The topological polar surface area (TPSA) is 55.8 Å². The van der Waals surface area contributed by atoms with Crippen LogP contribution in [0.2, 0.25) is 5.02 Å². The number of carboxylic acids is 1. The average Bonchev–Trinajstić information content (AvgIpc) is 2.27. The van der Waals surface area contributed by atoms with Crippen molar-refractivity contribution in [1.82, 2.24) is 0 Å². The van der Waals surface area contributed by atoms with E-state index in [9.17, 15) is 4.79 Å². The zero-order chi connectivity index (χ0) is 12.3. The molecule has 0 heterocycles. The minimum absolute atomic E-state index is 0.288. The van der Waals surface area contributed by atoms with Gasteiger partial charge in [-0.1, -0.05) is 17.7 Å². The molecule has 0 radical (unpaired) electrons. The minimum atomic E-state index is -0.931. The van der Waals surface area contributed by atoms with Crippen molar-refractivity contribution in [2.24, 2.45) is 0 Å². The first-order valence-electron chi connectivity index (χ1n) is 4.66. The van der Waals surface area contributed by atoms with E-state index in [4.69, 9.17) is 26.2 Å². The van der Waals surface area contributed by atoms with Crippen molar-refractivity contribution >= 4 is 17.6 Å². The van der Waals surface area contributed by atoms with Gasteiger partial charge in [0.2, 0.25) is 0 Å². The summed E-state index contributed by atoms with van der Waals surface area (Å²) < 4.78 is 10.1. The van der Waals surface area contributed by atoms with Crippen molar-refractivity contribution in [3.05, 3.63) is 22.7 Å². The molecule has 4 nitrogen and oxygen atoms in total. The number of carbonyl (C=O) groups is 1. The van der Waals surface area contributed by atoms with Gasteiger partial charge in [-0.15, -0.1) is 0 Å². The van der Waals surface area contributed by atoms with Crippen LogP contribution in [0.25, 0.3) is 0 Å². The normalized spacial score (nSPS) is 12.0. The van der Waals surface area contributed by atoms with Gasteiger partial charge in [-0.2, -0.15) is 0 Å². The van der Waals surface area contributed by atoms with Gasteiger partial charge >= 0.3 is 5.97 Å². The minimum Gasteiger partial charge on any atom is -0.495 e. The number of hydrogen-bond donors (Lipinski definition) is 1. The maximum Gasteiger partial charge on any atom is 0.310 e. The average molecular weight is 245 g/mol. The van der Waals surface area contributed by atoms with Gasteiger partial charge in [-0.25, -0.2) is 0 Å². The highest BCUT2D eigenvalue weighted by Crippen LogP contribution is 2.39. The summed E-state index contributed by atoms with van der Waals surface area (Å²) in [6.45, 7) is 1.57. The first-order valence-corrected chi connectivity index (χ1v) is 5.03. The predicted octanol–water partition coefficient (Wildman–Crippen LogP) is 2.55. The van der Waals surface area contributed by atoms with E-state index in [1.807, 2.05) is 0 Å². The molecule has 1 N–H and O–H groups in total. The predicted molar refractivity (Wildman–Crippen MR) is 60.6 cm³/mol. The fraction of sp³-hybridized carbons (Fsp3) is 0.364. The van der Waals surface area contributed by atoms with E-state index < -0.39 is 11.9 Å². The van der Waals surface area contributed by atoms with Gasteiger partial charge in [0.15, 0.2) is 0 Å². The van der Waals surface area contributed by atoms with Gasteiger partial charge < -0.3 is 14.6 Å². The fourth-order valence-electron chi connectivity index (χ4n) is 1.39. The van der Waals surface area contributed by atoms with Gasteiger partial charge in [0, 0.05) is 5.56 Å². The van der Waals surface area contributed by atoms with Crippen molar-refractivity contribution in [2.45, 2.75) is 12.8 Å². The third-order valence-corrected chi connectivity index (χ3v) is 2.71. The lowest BCUT2D eigenvalue weighted by Crippen LogP contribution is -2.09. The van der Waals surface area contributed by atoms with Crippen LogP contribution < -0.4 is 9.47 Å². The summed E-state index contributed by atoms with van der Waals surface area (Å²) in [6.07, 6.45) is 0. The highest BCUT2D eigenvalue weighted by atomic mass is 35.5. The van der Waals surface area contributed by atoms with Gasteiger partial charge in [-0.3, -0.25) is 4.79 Å². The van der Waals surface area contributed by atoms with Crippen LogP contribution in [-0.4, -0.2) is 25.3 Å². The summed E-state index contributed by atoms with van der Waals surface area (Å²) in [4.78, 5) is 10.9. The second-order valence-corrected chi connectivity index (χ2v) is 3.64. The second-order valence-electron chi connectivity index (χ2n) is 3.26. The van der Waals surface area contributed by atoms with Crippen molar-refractivity contribution in [2.75, 3.05) is 14.2 Å². The molecule has 88 valence electrons. The summed E-state index contributed by atoms with van der Waals surface area (Å²) in [5, 5.41) is 9.23. The van der Waals surface area contributed by atoms with E-state index in [1.165, 1.54) is 14.2 Å². The zero-order valence-corrected chi connectivity index (χ0v) is 10.0. The maximum absolute atomic E-state index is 10.9. The molecule has 1 atom stereocenters. The van der Waals surface area contributed by atoms with Crippen LogP contribution in [0, 0.1) is 0 Å². The Balaban J connectivity index is 3.31. The Kier molecular flexibility index (Phi) is 4.01. The Bertz CT molecular complexity index is 403. The Morgan fingerprint density at radius 1 is 1.38 bits per heavy atom. The summed E-state index contributed by atoms with van der Waals surface area (Å²) in [5.74, 6) is -0.811. The number of aliphatic carboxylic acids is 1. The molecule has 0 fully saturated rings. The first-order chi connectivity index (χ1) is 7.52. The van der Waals surface area contributed by atoms with Crippen molar-refractivity contribution in [3.8, 4) is 11.5 Å². The number of carboxylic acid groups (broad SMARTS) is 1. The van der Waals surface area contributed by atoms with Gasteiger partial charge in [0.1, 0.15) is 16.5 Å². The van der Waals surface area contributed by atoms with E-state index in [-0.39, 0.29) is 5.02 Å². The zero-order valence-electron chi connectivity index (χ0n) is 9.28. The van der Waals surface area contributed by atoms with E-state index in [0.717, 1.165) is 0 Å². The standard InChI is InChI=1S/C11H13ClO4/c1-6(11(13)14)7-4-5-8(15-2)9(12)10(7)16-3/h4-6H,1-3H3,(H,13,14). The van der Waals surface area contributed by atoms with Crippen LogP contribution in [0.3, 0.4) is 0 Å². The van der Waals surface area contributed by atoms with Crippen LogP contribution in [0.15, 0.2) is 12.1 Å². The molecule has 0 aliphatic heterocycles. The van der Waals surface area contributed by atoms with Crippen molar-refractivity contribution in [1.29, 1.82) is 0 Å². The van der Waals surface area contributed by atoms with Crippen LogP contribution >= 0.6 is 11.6 Å². The number of halogens is 1. The number of hydrogen-bond acceptors (Lipinski definition) is 3. The third-order valence-electron chi connectivity index (χ3n) is 2.35. The number of benzene rings is 1. The molecule has 1 unspecified atom stereocenters. The Hall–Kier alpha value is -1.42. The molecule has 16 heavy (non-hydrogen) atoms. The van der Waals surface area contributed by atoms with Crippen LogP contribution in [-0.2, 0) is 4.79 Å². The molecule has 0 saturated carbocycles. The number of ether oxygens (including phenoxy) is 2. The first kappa shape index (κ1) is 12.6. The van der Waals surface area contributed by atoms with E-state index >= 15 is 0 Å². The number of methoxy groups -OCH3 is 2. The van der Waals surface area contributed by atoms with E-state index in [2.05, 4.69) is 0 Å². The summed E-state index contributed by atoms with van der Waals surface area (Å²) in [5.41, 5.74) is 0.529. The Labute approximate surface area is 98.7 Å². The molecule has 0 spiro atoms. The number of rotatable bonds is 4. The van der Waals surface area contributed by atoms with Crippen LogP contribution in [0.1, 0.15) is 18.4 Å². The molecule has 5 heteroatoms. The smallest absolute Gasteiger partial charge is 0.310 e. The van der Waals surface area contributed by atoms with Gasteiger partial charge in [-0.05, 0) is 13.0 Å². The molecule has 0 bridgehead atoms. The molecular formula is C11H13ClO4. The van der Waals surface area contributed by atoms with Gasteiger partial charge in [0.05, 0.1) is 20.1 Å². The molecule has 1 rings (SSSR count). The highest BCUT2D eigenvalue weighted by molar-refractivity contribution is 6.33. The molecule has 0 aliphatic carbocycles. The Morgan fingerprint density at radius 2 is 2.00 bits per heavy atom. The lowest BCUT2D eigenvalue weighted by atomic mass is 10.00. The maximum atomic E-state index is 10.9. The fourth-order valence-corrected chi connectivity index (χ4v) is 1.72. The van der Waals surface area contributed by atoms with Crippen molar-refractivity contribution in [3.63, 3.8) is 0 Å². The summed E-state index contributed by atoms with van der Waals surface area (Å²) in [7, 11) is 2.93. The van der Waals surface area contributed by atoms with Crippen molar-refractivity contribution < 1.29 is 19.4 Å². The summed E-state index contributed by atoms with van der Waals surface area (Å²) >= 11 is 6.02. The van der Waals surface area contributed by atoms with E-state index in [0.29, 0.717) is 17.1 Å². The largest absolute Gasteiger partial charge is 0.495 e. The molecular weight excluding hydrogens is 232 g/mol. The highest BCUT2D eigenvalue weighted by Gasteiger charge is 2.21. The SMILES string of the molecule is COc1ccc(C(C)C(=O)O)c(OC)c1Cl. The van der Waals surface area contributed by atoms with E-state index in [1.54, 1.807) is 19.1 Å². The quantitative estimate of drug-likeness (QED) is 0.884. The second kappa shape index (κ2) is 5.07. The summed E-state index contributed by atoms with van der Waals surface area (Å²) in [6, 6.07) is 3.27. The molecule has 0 aliphatic rings. The molecule has 1 aromatic rings. The van der Waals surface area contributed by atoms with Gasteiger partial charge in [0.25, 0.3) is 0 Å². The lowest BCUT2D eigenvalue weighted by molar-refractivity contribution is -0.138. The third kappa shape index (κ3) is 2.22. The van der Waals surface area contributed by atoms with Crippen LogP contribution in [0.5, 0.6) is 11.5 Å².